The Morgan fingerprint density at radius 3 is 1.84 bits per heavy atom. The van der Waals surface area contributed by atoms with E-state index in [0.717, 1.165) is 11.1 Å². The molecule has 0 fully saturated rings. The summed E-state index contributed by atoms with van der Waals surface area (Å²) in [5.74, 6) is -0.885. The van der Waals surface area contributed by atoms with Gasteiger partial charge in [-0.2, -0.15) is 0 Å². The highest BCUT2D eigenvalue weighted by atomic mass is 16.6. The van der Waals surface area contributed by atoms with Crippen LogP contribution in [-0.2, 0) is 23.8 Å². The maximum absolute atomic E-state index is 10.9. The quantitative estimate of drug-likeness (QED) is 0.293. The van der Waals surface area contributed by atoms with Gasteiger partial charge in [0.2, 0.25) is 0 Å². The minimum absolute atomic E-state index is 0.153. The maximum Gasteiger partial charge on any atom is 0.333 e. The summed E-state index contributed by atoms with van der Waals surface area (Å²) in [6.07, 6.45) is 3.75. The molecule has 0 saturated carbocycles. The number of carbonyl (C=O) groups is 2. The van der Waals surface area contributed by atoms with Crippen molar-refractivity contribution in [3.8, 4) is 0 Å². The molecule has 2 aromatic carbocycles. The van der Waals surface area contributed by atoms with Gasteiger partial charge in [-0.3, -0.25) is 0 Å². The Hall–Kier alpha value is -3.44. The lowest BCUT2D eigenvalue weighted by atomic mass is 9.99. The van der Waals surface area contributed by atoms with E-state index < -0.39 is 11.9 Å². The van der Waals surface area contributed by atoms with E-state index in [0.29, 0.717) is 11.1 Å². The minimum Gasteiger partial charge on any atom is -0.460 e. The third-order valence-corrected chi connectivity index (χ3v) is 4.05. The van der Waals surface area contributed by atoms with Gasteiger partial charge in [0.05, 0.1) is 13.2 Å². The zero-order valence-electron chi connectivity index (χ0n) is 18.3. The monoisotopic (exact) mass is 422 g/mol. The second-order valence-corrected chi connectivity index (χ2v) is 6.64. The van der Waals surface area contributed by atoms with E-state index in [9.17, 15) is 9.59 Å². The highest BCUT2D eigenvalue weighted by Gasteiger charge is 2.04. The smallest absolute Gasteiger partial charge is 0.333 e. The van der Waals surface area contributed by atoms with Crippen LogP contribution in [0.25, 0.3) is 22.9 Å². The summed E-state index contributed by atoms with van der Waals surface area (Å²) >= 11 is 0. The van der Waals surface area contributed by atoms with E-state index in [1.165, 1.54) is 10.8 Å². The Morgan fingerprint density at radius 1 is 0.806 bits per heavy atom. The average Bonchev–Trinajstić information content (AvgIpc) is 2.77. The number of hydrogen-bond acceptors (Lipinski definition) is 5. The molecule has 0 radical (unpaired) electrons. The molecular formula is C26H30O5. The normalized spacial score (nSPS) is 9.74. The van der Waals surface area contributed by atoms with E-state index in [-0.39, 0.29) is 26.4 Å². The van der Waals surface area contributed by atoms with Crippen LogP contribution in [0.15, 0.2) is 73.9 Å². The van der Waals surface area contributed by atoms with E-state index in [1.54, 1.807) is 13.8 Å². The Morgan fingerprint density at radius 2 is 1.35 bits per heavy atom. The third kappa shape index (κ3) is 8.84. The molecule has 0 aliphatic rings. The number of carbonyl (C=O) groups excluding carboxylic acids is 2. The molecule has 5 nitrogen and oxygen atoms in total. The lowest BCUT2D eigenvalue weighted by Gasteiger charge is -2.06. The molecule has 164 valence electrons. The molecule has 0 saturated heterocycles. The molecule has 0 spiro atoms. The van der Waals surface area contributed by atoms with Crippen molar-refractivity contribution in [2.24, 2.45) is 0 Å². The van der Waals surface area contributed by atoms with Crippen LogP contribution in [-0.4, -0.2) is 38.4 Å². The molecule has 0 atom stereocenters. The van der Waals surface area contributed by atoms with Crippen LogP contribution in [0.3, 0.4) is 0 Å². The van der Waals surface area contributed by atoms with Gasteiger partial charge in [0.15, 0.2) is 0 Å². The fourth-order valence-corrected chi connectivity index (χ4v) is 2.45. The number of hydrogen-bond donors (Lipinski definition) is 0. The molecule has 0 aromatic heterocycles. The third-order valence-electron chi connectivity index (χ3n) is 4.05. The van der Waals surface area contributed by atoms with Crippen molar-refractivity contribution in [1.82, 2.24) is 0 Å². The highest BCUT2D eigenvalue weighted by molar-refractivity contribution is 5.93. The lowest BCUT2D eigenvalue weighted by Crippen LogP contribution is -2.14. The number of fused-ring (bicyclic) bond motifs is 1. The van der Waals surface area contributed by atoms with Crippen molar-refractivity contribution in [3.05, 3.63) is 85.0 Å². The zero-order chi connectivity index (χ0) is 23.2. The summed E-state index contributed by atoms with van der Waals surface area (Å²) in [4.78, 5) is 21.9. The van der Waals surface area contributed by atoms with Gasteiger partial charge in [-0.25, -0.2) is 9.59 Å². The number of ether oxygens (including phenoxy) is 3. The second-order valence-electron chi connectivity index (χ2n) is 6.64. The topological polar surface area (TPSA) is 61.8 Å². The molecule has 31 heavy (non-hydrogen) atoms. The second kappa shape index (κ2) is 13.7. The minimum atomic E-state index is -0.442. The first-order chi connectivity index (χ1) is 14.8. The van der Waals surface area contributed by atoms with Gasteiger partial charge in [-0.05, 0) is 35.7 Å². The highest BCUT2D eigenvalue weighted by Crippen LogP contribution is 2.24. The van der Waals surface area contributed by atoms with Gasteiger partial charge in [0.25, 0.3) is 0 Å². The van der Waals surface area contributed by atoms with Gasteiger partial charge in [0, 0.05) is 11.1 Å². The Labute approximate surface area is 184 Å². The van der Waals surface area contributed by atoms with E-state index in [4.69, 9.17) is 14.2 Å². The lowest BCUT2D eigenvalue weighted by molar-refractivity contribution is -0.141. The molecule has 2 rings (SSSR count). The number of benzene rings is 2. The van der Waals surface area contributed by atoms with Gasteiger partial charge >= 0.3 is 11.9 Å². The predicted molar refractivity (Wildman–Crippen MR) is 126 cm³/mol. The van der Waals surface area contributed by atoms with Crippen LogP contribution in [0.2, 0.25) is 0 Å². The predicted octanol–water partition coefficient (Wildman–Crippen LogP) is 5.37. The van der Waals surface area contributed by atoms with Gasteiger partial charge in [-0.1, -0.05) is 74.9 Å². The molecule has 0 aliphatic heterocycles. The van der Waals surface area contributed by atoms with Crippen LogP contribution >= 0.6 is 0 Å². The van der Waals surface area contributed by atoms with E-state index >= 15 is 0 Å². The molecule has 0 N–H and O–H groups in total. The van der Waals surface area contributed by atoms with Crippen molar-refractivity contribution in [2.45, 2.75) is 13.8 Å². The SMILES string of the molecule is C=C(C)C(=O)OCCOCCOC(=O)C(=C)C.C=Cc1ccc2ccccc2c1C=C. The fraction of sp³-hybridized carbons (Fsp3) is 0.231. The van der Waals surface area contributed by atoms with Gasteiger partial charge < -0.3 is 14.2 Å². The summed E-state index contributed by atoms with van der Waals surface area (Å²) < 4.78 is 14.6. The van der Waals surface area contributed by atoms with Crippen molar-refractivity contribution in [2.75, 3.05) is 26.4 Å². The Balaban J connectivity index is 0.000000314. The summed E-state index contributed by atoms with van der Waals surface area (Å²) in [5.41, 5.74) is 3.00. The summed E-state index contributed by atoms with van der Waals surface area (Å²) in [6, 6.07) is 12.5. The van der Waals surface area contributed by atoms with Crippen LogP contribution in [0.4, 0.5) is 0 Å². The van der Waals surface area contributed by atoms with Crippen LogP contribution in [0.1, 0.15) is 25.0 Å². The zero-order valence-corrected chi connectivity index (χ0v) is 18.3. The van der Waals surface area contributed by atoms with Gasteiger partial charge in [0.1, 0.15) is 13.2 Å². The number of rotatable bonds is 10. The molecule has 0 aliphatic carbocycles. The Kier molecular flexibility index (Phi) is 11.3. The molecule has 0 unspecified atom stereocenters. The van der Waals surface area contributed by atoms with Crippen LogP contribution < -0.4 is 0 Å². The first-order valence-corrected chi connectivity index (χ1v) is 9.81. The average molecular weight is 423 g/mol. The largest absolute Gasteiger partial charge is 0.460 e. The first kappa shape index (κ1) is 25.6. The van der Waals surface area contributed by atoms with Crippen molar-refractivity contribution in [3.63, 3.8) is 0 Å². The van der Waals surface area contributed by atoms with Gasteiger partial charge in [-0.15, -0.1) is 0 Å². The standard InChI is InChI=1S/C14H12.C12H18O5/c1-3-11-9-10-12-7-5-6-8-14(12)13(11)4-2;1-9(2)11(13)16-7-5-15-6-8-17-12(14)10(3)4/h3-10H,1-2H2;1,3,5-8H2,2,4H3. The fourth-order valence-electron chi connectivity index (χ4n) is 2.45. The maximum atomic E-state index is 10.9. The number of esters is 2. The summed E-state index contributed by atoms with van der Waals surface area (Å²) in [5, 5.41) is 2.48. The van der Waals surface area contributed by atoms with E-state index in [2.05, 4.69) is 50.6 Å². The summed E-state index contributed by atoms with van der Waals surface area (Å²) in [6.45, 7) is 18.5. The van der Waals surface area contributed by atoms with Crippen molar-refractivity contribution in [1.29, 1.82) is 0 Å². The van der Waals surface area contributed by atoms with E-state index in [1.807, 2.05) is 24.3 Å². The molecule has 5 heteroatoms. The van der Waals surface area contributed by atoms with Crippen LogP contribution in [0.5, 0.6) is 0 Å². The van der Waals surface area contributed by atoms with Crippen LogP contribution in [0, 0.1) is 0 Å². The molecular weight excluding hydrogens is 392 g/mol. The van der Waals surface area contributed by atoms with Crippen molar-refractivity contribution >= 4 is 34.9 Å². The molecule has 0 heterocycles. The molecule has 0 amide bonds. The first-order valence-electron chi connectivity index (χ1n) is 9.81. The van der Waals surface area contributed by atoms with Crippen molar-refractivity contribution < 1.29 is 23.8 Å². The Bertz CT molecular complexity index is 925. The molecule has 2 aromatic rings. The molecule has 0 bridgehead atoms. The summed E-state index contributed by atoms with van der Waals surface area (Å²) in [7, 11) is 0.